The molecular formula is C17H22F3N3O. The molecule has 1 unspecified atom stereocenters. The lowest BCUT2D eigenvalue weighted by atomic mass is 10.1. The van der Waals surface area contributed by atoms with Crippen LogP contribution in [0.25, 0.3) is 0 Å². The number of carbonyl (C=O) groups excluding carboxylic acids is 1. The lowest BCUT2D eigenvalue weighted by Gasteiger charge is -2.18. The maximum atomic E-state index is 12.6. The van der Waals surface area contributed by atoms with Crippen LogP contribution in [0.1, 0.15) is 30.4 Å². The highest BCUT2D eigenvalue weighted by molar-refractivity contribution is 5.82. The number of amides is 1. The summed E-state index contributed by atoms with van der Waals surface area (Å²) in [5, 5.41) is 6.25. The van der Waals surface area contributed by atoms with E-state index in [0.29, 0.717) is 6.54 Å². The standard InChI is InChI=1S/C17H22F3N3O/c18-17(19,20)13-5-3-12(4-6-13)10-23-9-7-14(11-23)22-16(24)15-2-1-8-21-15/h3-6,14-15,21H,1-2,7-11H2,(H,22,24)/t14?,15-/m0/s1. The average molecular weight is 341 g/mol. The summed E-state index contributed by atoms with van der Waals surface area (Å²) in [4.78, 5) is 14.3. The van der Waals surface area contributed by atoms with E-state index in [1.807, 2.05) is 0 Å². The Hall–Kier alpha value is -1.60. The largest absolute Gasteiger partial charge is 0.416 e. The number of alkyl halides is 3. The summed E-state index contributed by atoms with van der Waals surface area (Å²) >= 11 is 0. The summed E-state index contributed by atoms with van der Waals surface area (Å²) in [5.41, 5.74) is 0.231. The molecule has 1 aromatic rings. The SMILES string of the molecule is O=C(NC1CCN(Cc2ccc(C(F)(F)F)cc2)C1)[C@@H]1CCCN1. The van der Waals surface area contributed by atoms with Gasteiger partial charge < -0.3 is 10.6 Å². The lowest BCUT2D eigenvalue weighted by molar-refractivity contribution is -0.137. The van der Waals surface area contributed by atoms with Crippen LogP contribution in [-0.4, -0.2) is 42.5 Å². The fraction of sp³-hybridized carbons (Fsp3) is 0.588. The quantitative estimate of drug-likeness (QED) is 0.882. The molecule has 0 aliphatic carbocycles. The minimum Gasteiger partial charge on any atom is -0.351 e. The van der Waals surface area contributed by atoms with E-state index < -0.39 is 11.7 Å². The first-order chi connectivity index (χ1) is 11.4. The number of hydrogen-bond donors (Lipinski definition) is 2. The molecule has 2 saturated heterocycles. The number of halogens is 3. The van der Waals surface area contributed by atoms with Crippen molar-refractivity contribution in [3.63, 3.8) is 0 Å². The molecule has 4 nitrogen and oxygen atoms in total. The van der Waals surface area contributed by atoms with E-state index in [-0.39, 0.29) is 18.0 Å². The van der Waals surface area contributed by atoms with Crippen LogP contribution in [-0.2, 0) is 17.5 Å². The molecule has 0 radical (unpaired) electrons. The zero-order valence-corrected chi connectivity index (χ0v) is 13.4. The Balaban J connectivity index is 1.48. The smallest absolute Gasteiger partial charge is 0.351 e. The minimum atomic E-state index is -4.30. The average Bonchev–Trinajstić information content (AvgIpc) is 3.19. The molecule has 7 heteroatoms. The van der Waals surface area contributed by atoms with Gasteiger partial charge >= 0.3 is 6.18 Å². The van der Waals surface area contributed by atoms with Crippen molar-refractivity contribution < 1.29 is 18.0 Å². The predicted molar refractivity (Wildman–Crippen MR) is 84.3 cm³/mol. The van der Waals surface area contributed by atoms with Crippen LogP contribution in [0.3, 0.4) is 0 Å². The van der Waals surface area contributed by atoms with Gasteiger partial charge in [0.05, 0.1) is 11.6 Å². The number of hydrogen-bond acceptors (Lipinski definition) is 3. The van der Waals surface area contributed by atoms with Gasteiger partial charge in [-0.25, -0.2) is 0 Å². The zero-order valence-electron chi connectivity index (χ0n) is 13.4. The topological polar surface area (TPSA) is 44.4 Å². The molecule has 2 N–H and O–H groups in total. The fourth-order valence-electron chi connectivity index (χ4n) is 3.36. The highest BCUT2D eigenvalue weighted by Gasteiger charge is 2.31. The van der Waals surface area contributed by atoms with Crippen LogP contribution in [0.5, 0.6) is 0 Å². The van der Waals surface area contributed by atoms with Gasteiger partial charge in [0.25, 0.3) is 0 Å². The van der Waals surface area contributed by atoms with Crippen molar-refractivity contribution in [2.24, 2.45) is 0 Å². The summed E-state index contributed by atoms with van der Waals surface area (Å²) < 4.78 is 37.7. The summed E-state index contributed by atoms with van der Waals surface area (Å²) in [6.45, 7) is 3.07. The van der Waals surface area contributed by atoms with Gasteiger partial charge in [0.15, 0.2) is 0 Å². The van der Waals surface area contributed by atoms with Gasteiger partial charge in [-0.3, -0.25) is 9.69 Å². The number of likely N-dealkylation sites (tertiary alicyclic amines) is 1. The third kappa shape index (κ3) is 4.27. The van der Waals surface area contributed by atoms with Crippen molar-refractivity contribution in [3.05, 3.63) is 35.4 Å². The number of nitrogens with zero attached hydrogens (tertiary/aromatic N) is 1. The van der Waals surface area contributed by atoms with Crippen molar-refractivity contribution in [2.45, 2.75) is 44.1 Å². The second-order valence-electron chi connectivity index (χ2n) is 6.57. The van der Waals surface area contributed by atoms with Crippen LogP contribution >= 0.6 is 0 Å². The third-order valence-corrected chi connectivity index (χ3v) is 4.68. The first-order valence-electron chi connectivity index (χ1n) is 8.34. The van der Waals surface area contributed by atoms with Gasteiger partial charge in [-0.2, -0.15) is 13.2 Å². The summed E-state index contributed by atoms with van der Waals surface area (Å²) in [6.07, 6.45) is -1.51. The number of nitrogens with one attached hydrogen (secondary N) is 2. The van der Waals surface area contributed by atoms with Crippen molar-refractivity contribution >= 4 is 5.91 Å². The maximum absolute atomic E-state index is 12.6. The Morgan fingerprint density at radius 3 is 2.62 bits per heavy atom. The molecular weight excluding hydrogens is 319 g/mol. The van der Waals surface area contributed by atoms with Gasteiger partial charge in [-0.05, 0) is 43.5 Å². The summed E-state index contributed by atoms with van der Waals surface area (Å²) in [6, 6.07) is 5.34. The van der Waals surface area contributed by atoms with E-state index in [9.17, 15) is 18.0 Å². The second kappa shape index (κ2) is 7.11. The van der Waals surface area contributed by atoms with Crippen molar-refractivity contribution in [1.29, 1.82) is 0 Å². The molecule has 0 aromatic heterocycles. The Bertz CT molecular complexity index is 567. The summed E-state index contributed by atoms with van der Waals surface area (Å²) in [7, 11) is 0. The Kier molecular flexibility index (Phi) is 5.10. The van der Waals surface area contributed by atoms with Gasteiger partial charge in [0.1, 0.15) is 0 Å². The molecule has 132 valence electrons. The minimum absolute atomic E-state index is 0.0638. The van der Waals surface area contributed by atoms with Crippen LogP contribution in [0.2, 0.25) is 0 Å². The summed E-state index contributed by atoms with van der Waals surface area (Å²) in [5.74, 6) is 0.0638. The van der Waals surface area contributed by atoms with Crippen molar-refractivity contribution in [3.8, 4) is 0 Å². The molecule has 2 aliphatic heterocycles. The molecule has 0 bridgehead atoms. The molecule has 2 atom stereocenters. The molecule has 2 fully saturated rings. The van der Waals surface area contributed by atoms with Gasteiger partial charge in [-0.15, -0.1) is 0 Å². The molecule has 3 rings (SSSR count). The monoisotopic (exact) mass is 341 g/mol. The molecule has 2 aliphatic rings. The fourth-order valence-corrected chi connectivity index (χ4v) is 3.36. The number of rotatable bonds is 4. The zero-order chi connectivity index (χ0) is 17.2. The molecule has 24 heavy (non-hydrogen) atoms. The van der Waals surface area contributed by atoms with E-state index in [0.717, 1.165) is 56.6 Å². The van der Waals surface area contributed by atoms with Gasteiger partial charge in [0.2, 0.25) is 5.91 Å². The molecule has 1 aromatic carbocycles. The Morgan fingerprint density at radius 1 is 1.25 bits per heavy atom. The molecule has 0 saturated carbocycles. The van der Waals surface area contributed by atoms with Crippen LogP contribution in [0.15, 0.2) is 24.3 Å². The van der Waals surface area contributed by atoms with E-state index in [4.69, 9.17) is 0 Å². The van der Waals surface area contributed by atoms with Crippen molar-refractivity contribution in [2.75, 3.05) is 19.6 Å². The van der Waals surface area contributed by atoms with E-state index in [1.54, 1.807) is 0 Å². The van der Waals surface area contributed by atoms with E-state index >= 15 is 0 Å². The maximum Gasteiger partial charge on any atom is 0.416 e. The Labute approximate surface area is 139 Å². The molecule has 1 amide bonds. The van der Waals surface area contributed by atoms with Crippen molar-refractivity contribution in [1.82, 2.24) is 15.5 Å². The van der Waals surface area contributed by atoms with E-state index in [1.165, 1.54) is 12.1 Å². The first-order valence-corrected chi connectivity index (χ1v) is 8.34. The van der Waals surface area contributed by atoms with Crippen LogP contribution in [0.4, 0.5) is 13.2 Å². The van der Waals surface area contributed by atoms with Gasteiger partial charge in [-0.1, -0.05) is 12.1 Å². The lowest BCUT2D eigenvalue weighted by Crippen LogP contribution is -2.46. The highest BCUT2D eigenvalue weighted by Crippen LogP contribution is 2.29. The van der Waals surface area contributed by atoms with E-state index in [2.05, 4.69) is 15.5 Å². The number of benzene rings is 1. The van der Waals surface area contributed by atoms with Crippen LogP contribution in [0, 0.1) is 0 Å². The first kappa shape index (κ1) is 17.2. The second-order valence-corrected chi connectivity index (χ2v) is 6.57. The predicted octanol–water partition coefficient (Wildman–Crippen LogP) is 2.15. The van der Waals surface area contributed by atoms with Crippen LogP contribution < -0.4 is 10.6 Å². The Morgan fingerprint density at radius 2 is 2.00 bits per heavy atom. The highest BCUT2D eigenvalue weighted by atomic mass is 19.4. The third-order valence-electron chi connectivity index (χ3n) is 4.68. The number of carbonyl (C=O) groups is 1. The molecule has 0 spiro atoms. The normalized spacial score (nSPS) is 25.1. The van der Waals surface area contributed by atoms with Gasteiger partial charge in [0, 0.05) is 25.7 Å². The molecule has 2 heterocycles.